The van der Waals surface area contributed by atoms with E-state index >= 15 is 0 Å². The summed E-state index contributed by atoms with van der Waals surface area (Å²) in [6.07, 6.45) is 1.47. The van der Waals surface area contributed by atoms with Crippen LogP contribution in [-0.4, -0.2) is 19.8 Å². The Balaban J connectivity index is 2.42. The summed E-state index contributed by atoms with van der Waals surface area (Å²) in [5, 5.41) is 11.2. The van der Waals surface area contributed by atoms with Crippen molar-refractivity contribution in [3.63, 3.8) is 0 Å². The van der Waals surface area contributed by atoms with Crippen LogP contribution in [0, 0.1) is 11.3 Å². The van der Waals surface area contributed by atoms with E-state index in [0.29, 0.717) is 6.61 Å². The zero-order valence-electron chi connectivity index (χ0n) is 5.05. The van der Waals surface area contributed by atoms with Gasteiger partial charge in [-0.2, -0.15) is 5.26 Å². The molecule has 0 amide bonds. The number of ether oxygens (including phenoxy) is 1. The Kier molecular flexibility index (Phi) is 2.11. The number of allylic oxidation sites excluding steroid dienone is 1. The fraction of sp³-hybridized carbons (Fsp3) is 0.500. The summed E-state index contributed by atoms with van der Waals surface area (Å²) in [5.74, 6) is 0. The molecular weight excluding hydrogens is 116 g/mol. The van der Waals surface area contributed by atoms with Crippen molar-refractivity contribution in [3.8, 4) is 6.07 Å². The van der Waals surface area contributed by atoms with Gasteiger partial charge < -0.3 is 10.1 Å². The molecule has 0 saturated carbocycles. The van der Waals surface area contributed by atoms with E-state index in [2.05, 4.69) is 5.32 Å². The predicted molar refractivity (Wildman–Crippen MR) is 32.5 cm³/mol. The number of hydrogen-bond donors (Lipinski definition) is 1. The van der Waals surface area contributed by atoms with Crippen molar-refractivity contribution >= 4 is 0 Å². The summed E-state index contributed by atoms with van der Waals surface area (Å²) in [5.41, 5.74) is 0.878. The van der Waals surface area contributed by atoms with Gasteiger partial charge in [0.2, 0.25) is 0 Å². The molecule has 0 aliphatic carbocycles. The number of hydrogen-bond acceptors (Lipinski definition) is 3. The fourth-order valence-corrected chi connectivity index (χ4v) is 0.688. The molecule has 1 saturated heterocycles. The molecule has 0 aromatic heterocycles. The Labute approximate surface area is 53.9 Å². The average molecular weight is 124 g/mol. The summed E-state index contributed by atoms with van der Waals surface area (Å²) >= 11 is 0. The van der Waals surface area contributed by atoms with E-state index in [1.807, 2.05) is 6.07 Å². The van der Waals surface area contributed by atoms with Crippen LogP contribution in [0.5, 0.6) is 0 Å². The smallest absolute Gasteiger partial charge is 0.0931 e. The summed E-state index contributed by atoms with van der Waals surface area (Å²) in [4.78, 5) is 0. The number of nitrogens with one attached hydrogen (secondary N) is 1. The zero-order chi connectivity index (χ0) is 6.53. The van der Waals surface area contributed by atoms with Crippen molar-refractivity contribution in [1.29, 1.82) is 5.26 Å². The van der Waals surface area contributed by atoms with Gasteiger partial charge in [-0.05, 0) is 0 Å². The van der Waals surface area contributed by atoms with Crippen LogP contribution in [0.25, 0.3) is 0 Å². The van der Waals surface area contributed by atoms with Crippen LogP contribution in [0.3, 0.4) is 0 Å². The largest absolute Gasteiger partial charge is 0.384 e. The van der Waals surface area contributed by atoms with Gasteiger partial charge in [-0.1, -0.05) is 0 Å². The monoisotopic (exact) mass is 124 g/mol. The zero-order valence-corrected chi connectivity index (χ0v) is 5.05. The molecule has 3 heteroatoms. The van der Waals surface area contributed by atoms with E-state index in [9.17, 15) is 0 Å². The van der Waals surface area contributed by atoms with E-state index in [4.69, 9.17) is 10.00 Å². The molecule has 1 heterocycles. The SMILES string of the molecule is N#C/C=C1/COCCN1. The summed E-state index contributed by atoms with van der Waals surface area (Å²) < 4.78 is 5.05. The van der Waals surface area contributed by atoms with E-state index in [1.54, 1.807) is 0 Å². The topological polar surface area (TPSA) is 45.0 Å². The van der Waals surface area contributed by atoms with Crippen molar-refractivity contribution in [1.82, 2.24) is 5.32 Å². The first-order valence-electron chi connectivity index (χ1n) is 2.84. The van der Waals surface area contributed by atoms with Gasteiger partial charge in [0.1, 0.15) is 0 Å². The molecule has 0 unspecified atom stereocenters. The minimum Gasteiger partial charge on any atom is -0.384 e. The number of nitriles is 1. The molecule has 1 fully saturated rings. The molecule has 0 atom stereocenters. The lowest BCUT2D eigenvalue weighted by Gasteiger charge is -2.15. The first kappa shape index (κ1) is 6.12. The highest BCUT2D eigenvalue weighted by Crippen LogP contribution is 1.94. The van der Waals surface area contributed by atoms with Gasteiger partial charge in [-0.15, -0.1) is 0 Å². The third-order valence-electron chi connectivity index (χ3n) is 1.09. The number of rotatable bonds is 0. The van der Waals surface area contributed by atoms with Crippen LogP contribution in [-0.2, 0) is 4.74 Å². The average Bonchev–Trinajstić information content (AvgIpc) is 1.91. The lowest BCUT2D eigenvalue weighted by atomic mass is 10.4. The maximum Gasteiger partial charge on any atom is 0.0931 e. The van der Waals surface area contributed by atoms with Crippen LogP contribution >= 0.6 is 0 Å². The number of nitrogens with zero attached hydrogens (tertiary/aromatic N) is 1. The van der Waals surface area contributed by atoms with Crippen molar-refractivity contribution in [3.05, 3.63) is 11.8 Å². The predicted octanol–water partition coefficient (Wildman–Crippen LogP) is 0.0137. The molecule has 1 aliphatic heterocycles. The summed E-state index contributed by atoms with van der Waals surface area (Å²) in [6, 6.07) is 1.93. The molecule has 0 spiro atoms. The van der Waals surface area contributed by atoms with Crippen LogP contribution in [0.1, 0.15) is 0 Å². The van der Waals surface area contributed by atoms with E-state index in [0.717, 1.165) is 18.8 Å². The minimum absolute atomic E-state index is 0.549. The van der Waals surface area contributed by atoms with Crippen molar-refractivity contribution in [2.45, 2.75) is 0 Å². The maximum atomic E-state index is 8.20. The Morgan fingerprint density at radius 2 is 2.67 bits per heavy atom. The molecule has 1 rings (SSSR count). The molecule has 0 bridgehead atoms. The molecule has 9 heavy (non-hydrogen) atoms. The van der Waals surface area contributed by atoms with Crippen LogP contribution < -0.4 is 5.32 Å². The fourth-order valence-electron chi connectivity index (χ4n) is 0.688. The van der Waals surface area contributed by atoms with E-state index in [1.165, 1.54) is 6.08 Å². The standard InChI is InChI=1S/C6H8N2O/c7-2-1-6-5-9-4-3-8-6/h1,8H,3-5H2/b6-1-. The van der Waals surface area contributed by atoms with Gasteiger partial charge in [-0.25, -0.2) is 0 Å². The first-order chi connectivity index (χ1) is 4.43. The van der Waals surface area contributed by atoms with Crippen LogP contribution in [0.2, 0.25) is 0 Å². The van der Waals surface area contributed by atoms with Gasteiger partial charge in [0.05, 0.1) is 19.3 Å². The second-order valence-corrected chi connectivity index (χ2v) is 1.78. The second-order valence-electron chi connectivity index (χ2n) is 1.78. The highest BCUT2D eigenvalue weighted by Gasteiger charge is 2.01. The van der Waals surface area contributed by atoms with Crippen molar-refractivity contribution in [2.75, 3.05) is 19.8 Å². The Morgan fingerprint density at radius 3 is 3.22 bits per heavy atom. The summed E-state index contributed by atoms with van der Waals surface area (Å²) in [7, 11) is 0. The van der Waals surface area contributed by atoms with Gasteiger partial charge in [-0.3, -0.25) is 0 Å². The quantitative estimate of drug-likeness (QED) is 0.463. The molecule has 0 aromatic carbocycles. The molecule has 1 N–H and O–H groups in total. The van der Waals surface area contributed by atoms with Gasteiger partial charge in [0.25, 0.3) is 0 Å². The maximum absolute atomic E-state index is 8.20. The Bertz CT molecular complexity index is 149. The van der Waals surface area contributed by atoms with E-state index in [-0.39, 0.29) is 0 Å². The first-order valence-corrected chi connectivity index (χ1v) is 2.84. The third kappa shape index (κ3) is 1.74. The number of morpholine rings is 1. The lowest BCUT2D eigenvalue weighted by Crippen LogP contribution is -2.28. The normalized spacial score (nSPS) is 22.8. The molecule has 48 valence electrons. The van der Waals surface area contributed by atoms with E-state index < -0.39 is 0 Å². The minimum atomic E-state index is 0.549. The molecular formula is C6H8N2O. The highest BCUT2D eigenvalue weighted by molar-refractivity contribution is 5.12. The van der Waals surface area contributed by atoms with Gasteiger partial charge in [0.15, 0.2) is 0 Å². The summed E-state index contributed by atoms with van der Waals surface area (Å²) in [6.45, 7) is 2.10. The van der Waals surface area contributed by atoms with Crippen molar-refractivity contribution < 1.29 is 4.74 Å². The molecule has 0 aromatic rings. The second kappa shape index (κ2) is 3.10. The highest BCUT2D eigenvalue weighted by atomic mass is 16.5. The molecule has 0 radical (unpaired) electrons. The molecule has 1 aliphatic rings. The van der Waals surface area contributed by atoms with Gasteiger partial charge >= 0.3 is 0 Å². The van der Waals surface area contributed by atoms with Gasteiger partial charge in [0, 0.05) is 18.3 Å². The lowest BCUT2D eigenvalue weighted by molar-refractivity contribution is 0.132. The third-order valence-corrected chi connectivity index (χ3v) is 1.09. The van der Waals surface area contributed by atoms with Crippen molar-refractivity contribution in [2.24, 2.45) is 0 Å². The Morgan fingerprint density at radius 1 is 1.78 bits per heavy atom. The van der Waals surface area contributed by atoms with Crippen LogP contribution in [0.4, 0.5) is 0 Å². The Hall–Kier alpha value is -1.01. The van der Waals surface area contributed by atoms with Crippen LogP contribution in [0.15, 0.2) is 11.8 Å². The molecule has 3 nitrogen and oxygen atoms in total.